The Labute approximate surface area is 105 Å². The lowest BCUT2D eigenvalue weighted by atomic mass is 10.1. The number of nitrogens with one attached hydrogen (secondary N) is 1. The van der Waals surface area contributed by atoms with Crippen molar-refractivity contribution in [2.75, 3.05) is 20.3 Å². The zero-order chi connectivity index (χ0) is 12.0. The number of aliphatic hydroxyl groups excluding tert-OH is 1. The molecule has 0 aliphatic heterocycles. The molecule has 90 valence electrons. The number of rotatable bonds is 6. The largest absolute Gasteiger partial charge is 0.497 e. The van der Waals surface area contributed by atoms with E-state index in [2.05, 4.69) is 28.2 Å². The summed E-state index contributed by atoms with van der Waals surface area (Å²) in [5, 5.41) is 12.1. The smallest absolute Gasteiger partial charge is 0.120 e. The highest BCUT2D eigenvalue weighted by atomic mass is 79.9. The molecule has 1 aromatic rings. The molecular weight excluding hydrogens is 270 g/mol. The van der Waals surface area contributed by atoms with Crippen LogP contribution in [0.4, 0.5) is 0 Å². The van der Waals surface area contributed by atoms with E-state index < -0.39 is 0 Å². The van der Waals surface area contributed by atoms with Crippen LogP contribution in [-0.2, 0) is 0 Å². The molecule has 3 nitrogen and oxygen atoms in total. The van der Waals surface area contributed by atoms with Gasteiger partial charge in [-0.25, -0.2) is 0 Å². The Morgan fingerprint density at radius 1 is 1.50 bits per heavy atom. The maximum atomic E-state index is 8.71. The first-order valence-electron chi connectivity index (χ1n) is 5.36. The average Bonchev–Trinajstić information content (AvgIpc) is 2.29. The minimum Gasteiger partial charge on any atom is -0.497 e. The highest BCUT2D eigenvalue weighted by Crippen LogP contribution is 2.27. The summed E-state index contributed by atoms with van der Waals surface area (Å²) in [6.45, 7) is 3.14. The van der Waals surface area contributed by atoms with Gasteiger partial charge in [0.05, 0.1) is 7.11 Å². The quantitative estimate of drug-likeness (QED) is 0.790. The van der Waals surface area contributed by atoms with E-state index in [4.69, 9.17) is 9.84 Å². The molecule has 1 atom stereocenters. The van der Waals surface area contributed by atoms with Crippen molar-refractivity contribution in [3.63, 3.8) is 0 Å². The molecule has 2 N–H and O–H groups in total. The van der Waals surface area contributed by atoms with Crippen LogP contribution in [0.1, 0.15) is 24.9 Å². The summed E-state index contributed by atoms with van der Waals surface area (Å²) in [5.74, 6) is 0.846. The van der Waals surface area contributed by atoms with Gasteiger partial charge in [0.15, 0.2) is 0 Å². The van der Waals surface area contributed by atoms with Crippen LogP contribution in [0.5, 0.6) is 5.75 Å². The number of aliphatic hydroxyl groups is 1. The third-order valence-electron chi connectivity index (χ3n) is 2.46. The summed E-state index contributed by atoms with van der Waals surface area (Å²) >= 11 is 3.53. The van der Waals surface area contributed by atoms with Crippen LogP contribution in [0.2, 0.25) is 0 Å². The fourth-order valence-electron chi connectivity index (χ4n) is 1.49. The highest BCUT2D eigenvalue weighted by Gasteiger charge is 2.09. The summed E-state index contributed by atoms with van der Waals surface area (Å²) in [5.41, 5.74) is 1.19. The Morgan fingerprint density at radius 3 is 2.81 bits per heavy atom. The minimum atomic E-state index is 0.226. The van der Waals surface area contributed by atoms with E-state index in [-0.39, 0.29) is 12.6 Å². The lowest BCUT2D eigenvalue weighted by Crippen LogP contribution is -2.20. The molecule has 0 fully saturated rings. The molecule has 0 bridgehead atoms. The van der Waals surface area contributed by atoms with Crippen LogP contribution in [-0.4, -0.2) is 25.4 Å². The summed E-state index contributed by atoms with van der Waals surface area (Å²) < 4.78 is 6.18. The second-order valence-electron chi connectivity index (χ2n) is 3.64. The van der Waals surface area contributed by atoms with Gasteiger partial charge >= 0.3 is 0 Å². The Hall–Kier alpha value is -0.580. The SMILES string of the molecule is COc1ccc(C(C)NCCCO)c(Br)c1. The predicted octanol–water partition coefficient (Wildman–Crippen LogP) is 2.49. The minimum absolute atomic E-state index is 0.226. The number of hydrogen-bond acceptors (Lipinski definition) is 3. The van der Waals surface area contributed by atoms with Crippen LogP contribution in [0.15, 0.2) is 22.7 Å². The average molecular weight is 288 g/mol. The molecule has 0 amide bonds. The van der Waals surface area contributed by atoms with Crippen LogP contribution < -0.4 is 10.1 Å². The fourth-order valence-corrected chi connectivity index (χ4v) is 2.19. The predicted molar refractivity (Wildman–Crippen MR) is 68.8 cm³/mol. The molecule has 0 aliphatic rings. The third-order valence-corrected chi connectivity index (χ3v) is 3.15. The van der Waals surface area contributed by atoms with Crippen molar-refractivity contribution in [1.29, 1.82) is 0 Å². The van der Waals surface area contributed by atoms with Crippen molar-refractivity contribution in [2.45, 2.75) is 19.4 Å². The van der Waals surface area contributed by atoms with Gasteiger partial charge in [-0.3, -0.25) is 0 Å². The molecule has 0 aliphatic carbocycles. The second kappa shape index (κ2) is 6.89. The topological polar surface area (TPSA) is 41.5 Å². The monoisotopic (exact) mass is 287 g/mol. The van der Waals surface area contributed by atoms with Gasteiger partial charge < -0.3 is 15.2 Å². The lowest BCUT2D eigenvalue weighted by Gasteiger charge is -2.16. The van der Waals surface area contributed by atoms with Crippen molar-refractivity contribution in [1.82, 2.24) is 5.32 Å². The zero-order valence-corrected chi connectivity index (χ0v) is 11.3. The van der Waals surface area contributed by atoms with Crippen molar-refractivity contribution >= 4 is 15.9 Å². The first kappa shape index (κ1) is 13.5. The summed E-state index contributed by atoms with van der Waals surface area (Å²) in [7, 11) is 1.66. The Bertz CT molecular complexity index is 331. The van der Waals surface area contributed by atoms with Crippen molar-refractivity contribution < 1.29 is 9.84 Å². The van der Waals surface area contributed by atoms with Gasteiger partial charge in [-0.1, -0.05) is 22.0 Å². The van der Waals surface area contributed by atoms with Gasteiger partial charge in [0, 0.05) is 17.1 Å². The molecule has 0 saturated carbocycles. The van der Waals surface area contributed by atoms with E-state index >= 15 is 0 Å². The molecule has 1 rings (SSSR count). The van der Waals surface area contributed by atoms with Crippen molar-refractivity contribution in [3.05, 3.63) is 28.2 Å². The van der Waals surface area contributed by atoms with Gasteiger partial charge in [0.1, 0.15) is 5.75 Å². The number of hydrogen-bond donors (Lipinski definition) is 2. The second-order valence-corrected chi connectivity index (χ2v) is 4.49. The number of benzene rings is 1. The van der Waals surface area contributed by atoms with E-state index in [0.29, 0.717) is 0 Å². The van der Waals surface area contributed by atoms with E-state index in [1.54, 1.807) is 7.11 Å². The zero-order valence-electron chi connectivity index (χ0n) is 9.66. The first-order chi connectivity index (χ1) is 7.69. The summed E-state index contributed by atoms with van der Waals surface area (Å²) in [4.78, 5) is 0. The highest BCUT2D eigenvalue weighted by molar-refractivity contribution is 9.10. The summed E-state index contributed by atoms with van der Waals surface area (Å²) in [6.07, 6.45) is 0.776. The molecule has 0 saturated heterocycles. The summed E-state index contributed by atoms with van der Waals surface area (Å²) in [6, 6.07) is 6.20. The van der Waals surface area contributed by atoms with Crippen LogP contribution >= 0.6 is 15.9 Å². The van der Waals surface area contributed by atoms with Gasteiger partial charge in [0.2, 0.25) is 0 Å². The molecule has 0 aromatic heterocycles. The number of ether oxygens (including phenoxy) is 1. The molecule has 1 aromatic carbocycles. The van der Waals surface area contributed by atoms with Gasteiger partial charge in [-0.2, -0.15) is 0 Å². The van der Waals surface area contributed by atoms with E-state index in [1.807, 2.05) is 18.2 Å². The lowest BCUT2D eigenvalue weighted by molar-refractivity contribution is 0.284. The third kappa shape index (κ3) is 3.77. The van der Waals surface area contributed by atoms with Crippen molar-refractivity contribution in [2.24, 2.45) is 0 Å². The fraction of sp³-hybridized carbons (Fsp3) is 0.500. The van der Waals surface area contributed by atoms with Gasteiger partial charge in [-0.15, -0.1) is 0 Å². The maximum Gasteiger partial charge on any atom is 0.120 e. The number of methoxy groups -OCH3 is 1. The van der Waals surface area contributed by atoms with Crippen LogP contribution in [0.25, 0.3) is 0 Å². The van der Waals surface area contributed by atoms with Crippen LogP contribution in [0, 0.1) is 0 Å². The molecule has 16 heavy (non-hydrogen) atoms. The number of halogens is 1. The van der Waals surface area contributed by atoms with Crippen molar-refractivity contribution in [3.8, 4) is 5.75 Å². The Balaban J connectivity index is 2.64. The maximum absolute atomic E-state index is 8.71. The standard InChI is InChI=1S/C12H18BrNO2/c1-9(14-6-3-7-15)11-5-4-10(16-2)8-12(11)13/h4-5,8-9,14-15H,3,6-7H2,1-2H3. The van der Waals surface area contributed by atoms with Gasteiger partial charge in [-0.05, 0) is 37.6 Å². The van der Waals surface area contributed by atoms with Gasteiger partial charge in [0.25, 0.3) is 0 Å². The molecule has 0 heterocycles. The molecule has 0 radical (unpaired) electrons. The van der Waals surface area contributed by atoms with E-state index in [9.17, 15) is 0 Å². The van der Waals surface area contributed by atoms with E-state index in [1.165, 1.54) is 5.56 Å². The Kier molecular flexibility index (Phi) is 5.80. The Morgan fingerprint density at radius 2 is 2.25 bits per heavy atom. The molecular formula is C12H18BrNO2. The van der Waals surface area contributed by atoms with E-state index in [0.717, 1.165) is 23.2 Å². The normalized spacial score (nSPS) is 12.5. The molecule has 1 unspecified atom stereocenters. The van der Waals surface area contributed by atoms with Crippen LogP contribution in [0.3, 0.4) is 0 Å². The molecule has 0 spiro atoms. The first-order valence-corrected chi connectivity index (χ1v) is 6.16. The molecule has 4 heteroatoms.